The van der Waals surface area contributed by atoms with Crippen LogP contribution in [0.25, 0.3) is 11.2 Å². The molecule has 2 aliphatic heterocycles. The molecule has 2 saturated heterocycles. The van der Waals surface area contributed by atoms with Crippen LogP contribution >= 0.6 is 19.2 Å². The molecule has 2 aromatic heterocycles. The quantitative estimate of drug-likeness (QED) is 0.399. The molecule has 4 heterocycles. The number of aromatic nitrogens is 4. The number of ether oxygens (including phenoxy) is 5. The van der Waals surface area contributed by atoms with Gasteiger partial charge in [0.25, 0.3) is 0 Å². The second kappa shape index (κ2) is 8.77. The smallest absolute Gasteiger partial charge is 0.358 e. The van der Waals surface area contributed by atoms with E-state index in [1.807, 2.05) is 13.8 Å². The normalized spacial score (nSPS) is 28.2. The van der Waals surface area contributed by atoms with E-state index in [4.69, 9.17) is 44.3 Å². The van der Waals surface area contributed by atoms with E-state index in [0.717, 1.165) is 0 Å². The van der Waals surface area contributed by atoms with E-state index in [-0.39, 0.29) is 17.8 Å². The lowest BCUT2D eigenvalue weighted by molar-refractivity contribution is -0.202. The number of rotatable bonds is 8. The molecule has 2 aromatic rings. The third-order valence-corrected chi connectivity index (χ3v) is 7.64. The summed E-state index contributed by atoms with van der Waals surface area (Å²) in [5.41, 5.74) is 0.863. The zero-order valence-corrected chi connectivity index (χ0v) is 20.2. The fourth-order valence-electron chi connectivity index (χ4n) is 3.91. The molecule has 178 valence electrons. The van der Waals surface area contributed by atoms with Crippen LogP contribution in [0.4, 0.5) is 0 Å². The van der Waals surface area contributed by atoms with E-state index in [1.165, 1.54) is 21.3 Å². The van der Waals surface area contributed by atoms with Crippen molar-refractivity contribution in [3.63, 3.8) is 0 Å². The van der Waals surface area contributed by atoms with Crippen molar-refractivity contribution < 1.29 is 37.3 Å². The standard InChI is InChI=1S/C18H26ClN4O8P/c1-9(32(24,26-5)27-6)28-7-10-12-13(31-18(2,3)30-12)16(29-10)23-8-20-11-14(23)21-17(19)22-15(11)25-4/h8-10,12-13,16H,7H2,1-6H3/t9?,10-,12-,13-,16-/m1/s1. The molecule has 2 fully saturated rings. The first-order valence-electron chi connectivity index (χ1n) is 9.90. The van der Waals surface area contributed by atoms with Crippen LogP contribution in [0.2, 0.25) is 5.28 Å². The Morgan fingerprint density at radius 3 is 2.56 bits per heavy atom. The van der Waals surface area contributed by atoms with Gasteiger partial charge in [0.15, 0.2) is 29.0 Å². The van der Waals surface area contributed by atoms with Gasteiger partial charge in [-0.05, 0) is 32.4 Å². The molecule has 5 atom stereocenters. The molecule has 4 rings (SSSR count). The minimum absolute atomic E-state index is 0.0122. The van der Waals surface area contributed by atoms with Crippen LogP contribution in [-0.4, -0.2) is 77.4 Å². The van der Waals surface area contributed by atoms with Gasteiger partial charge in [-0.2, -0.15) is 9.97 Å². The van der Waals surface area contributed by atoms with Crippen molar-refractivity contribution in [3.05, 3.63) is 11.6 Å². The molecule has 1 unspecified atom stereocenters. The van der Waals surface area contributed by atoms with Crippen molar-refractivity contribution >= 4 is 30.4 Å². The summed E-state index contributed by atoms with van der Waals surface area (Å²) < 4.78 is 53.8. The highest BCUT2D eigenvalue weighted by atomic mass is 35.5. The topological polar surface area (TPSA) is 125 Å². The molecular formula is C18H26ClN4O8P. The molecule has 0 amide bonds. The van der Waals surface area contributed by atoms with Crippen molar-refractivity contribution in [1.29, 1.82) is 0 Å². The lowest BCUT2D eigenvalue weighted by Crippen LogP contribution is -2.34. The summed E-state index contributed by atoms with van der Waals surface area (Å²) in [6.45, 7) is 5.32. The highest BCUT2D eigenvalue weighted by Crippen LogP contribution is 2.52. The molecule has 2 aliphatic rings. The first-order chi connectivity index (χ1) is 15.1. The summed E-state index contributed by atoms with van der Waals surface area (Å²) in [5.74, 6) is -1.39. The zero-order chi connectivity index (χ0) is 23.3. The van der Waals surface area contributed by atoms with Gasteiger partial charge in [-0.3, -0.25) is 9.13 Å². The Morgan fingerprint density at radius 1 is 1.22 bits per heavy atom. The number of imidazole rings is 1. The van der Waals surface area contributed by atoms with Gasteiger partial charge in [0.2, 0.25) is 11.2 Å². The Hall–Kier alpha value is -1.37. The average Bonchev–Trinajstić information content (AvgIpc) is 3.41. The highest BCUT2D eigenvalue weighted by molar-refractivity contribution is 7.54. The van der Waals surface area contributed by atoms with Gasteiger partial charge in [0, 0.05) is 14.2 Å². The molecule has 0 aromatic carbocycles. The highest BCUT2D eigenvalue weighted by Gasteiger charge is 2.56. The van der Waals surface area contributed by atoms with Crippen molar-refractivity contribution in [2.45, 2.75) is 56.9 Å². The number of methoxy groups -OCH3 is 1. The first-order valence-corrected chi connectivity index (χ1v) is 11.9. The molecule has 12 nitrogen and oxygen atoms in total. The van der Waals surface area contributed by atoms with Crippen LogP contribution in [0.1, 0.15) is 27.0 Å². The predicted molar refractivity (Wildman–Crippen MR) is 112 cm³/mol. The lowest BCUT2D eigenvalue weighted by Gasteiger charge is -2.26. The Morgan fingerprint density at radius 2 is 1.91 bits per heavy atom. The van der Waals surface area contributed by atoms with Crippen LogP contribution in [-0.2, 0) is 32.6 Å². The van der Waals surface area contributed by atoms with Crippen LogP contribution < -0.4 is 4.74 Å². The molecule has 14 heteroatoms. The summed E-state index contributed by atoms with van der Waals surface area (Å²) in [7, 11) is 0.691. The van der Waals surface area contributed by atoms with Crippen LogP contribution in [0.3, 0.4) is 0 Å². The monoisotopic (exact) mass is 492 g/mol. The predicted octanol–water partition coefficient (Wildman–Crippen LogP) is 2.75. The zero-order valence-electron chi connectivity index (χ0n) is 18.6. The molecule has 0 aliphatic carbocycles. The second-order valence-corrected chi connectivity index (χ2v) is 10.7. The van der Waals surface area contributed by atoms with E-state index < -0.39 is 43.8 Å². The van der Waals surface area contributed by atoms with Gasteiger partial charge >= 0.3 is 7.60 Å². The molecule has 0 bridgehead atoms. The van der Waals surface area contributed by atoms with Crippen LogP contribution in [0.15, 0.2) is 6.33 Å². The van der Waals surface area contributed by atoms with E-state index in [0.29, 0.717) is 11.2 Å². The molecule has 0 radical (unpaired) electrons. The number of halogens is 1. The summed E-state index contributed by atoms with van der Waals surface area (Å²) in [5, 5.41) is 0.0122. The first kappa shape index (κ1) is 23.8. The van der Waals surface area contributed by atoms with Gasteiger partial charge in [-0.1, -0.05) is 0 Å². The van der Waals surface area contributed by atoms with E-state index in [1.54, 1.807) is 17.8 Å². The molecule has 0 N–H and O–H groups in total. The minimum atomic E-state index is -3.40. The summed E-state index contributed by atoms with van der Waals surface area (Å²) >= 11 is 6.07. The van der Waals surface area contributed by atoms with Crippen LogP contribution in [0.5, 0.6) is 5.88 Å². The van der Waals surface area contributed by atoms with Crippen molar-refractivity contribution in [2.75, 3.05) is 27.9 Å². The third kappa shape index (κ3) is 4.14. The number of fused-ring (bicyclic) bond motifs is 2. The Bertz CT molecular complexity index is 1030. The van der Waals surface area contributed by atoms with Crippen LogP contribution in [0, 0.1) is 0 Å². The van der Waals surface area contributed by atoms with Gasteiger partial charge in [0.1, 0.15) is 18.3 Å². The van der Waals surface area contributed by atoms with E-state index in [9.17, 15) is 4.57 Å². The largest absolute Gasteiger partial charge is 0.479 e. The molecular weight excluding hydrogens is 467 g/mol. The Labute approximate surface area is 189 Å². The van der Waals surface area contributed by atoms with Gasteiger partial charge in [0.05, 0.1) is 20.0 Å². The Balaban J connectivity index is 1.62. The average molecular weight is 493 g/mol. The minimum Gasteiger partial charge on any atom is -0.479 e. The van der Waals surface area contributed by atoms with Crippen molar-refractivity contribution in [1.82, 2.24) is 19.5 Å². The van der Waals surface area contributed by atoms with E-state index in [2.05, 4.69) is 15.0 Å². The maximum Gasteiger partial charge on any atom is 0.358 e. The molecule has 0 spiro atoms. The van der Waals surface area contributed by atoms with Crippen molar-refractivity contribution in [2.24, 2.45) is 0 Å². The summed E-state index contributed by atoms with van der Waals surface area (Å²) in [6, 6.07) is 0. The maximum atomic E-state index is 12.6. The van der Waals surface area contributed by atoms with Gasteiger partial charge < -0.3 is 32.7 Å². The molecule has 0 saturated carbocycles. The van der Waals surface area contributed by atoms with Gasteiger partial charge in [-0.25, -0.2) is 4.98 Å². The second-order valence-electron chi connectivity index (χ2n) is 7.79. The van der Waals surface area contributed by atoms with Crippen molar-refractivity contribution in [3.8, 4) is 5.88 Å². The van der Waals surface area contributed by atoms with Gasteiger partial charge in [-0.15, -0.1) is 0 Å². The third-order valence-electron chi connectivity index (χ3n) is 5.41. The number of hydrogen-bond acceptors (Lipinski definition) is 11. The summed E-state index contributed by atoms with van der Waals surface area (Å²) in [4.78, 5) is 12.7. The number of nitrogens with zero attached hydrogens (tertiary/aromatic N) is 4. The lowest BCUT2D eigenvalue weighted by atomic mass is 10.1. The fourth-order valence-corrected chi connectivity index (χ4v) is 5.08. The number of hydrogen-bond donors (Lipinski definition) is 0. The maximum absolute atomic E-state index is 12.6. The fraction of sp³-hybridized carbons (Fsp3) is 0.722. The van der Waals surface area contributed by atoms with E-state index >= 15 is 0 Å². The Kier molecular flexibility index (Phi) is 6.51. The SMILES string of the molecule is COc1nc(Cl)nc2c1ncn2[C@@H]1O[C@H](COC(C)P(=O)(OC)OC)[C@H]2OC(C)(C)O[C@H]21. The summed E-state index contributed by atoms with van der Waals surface area (Å²) in [6.07, 6.45) is -0.549. The molecule has 32 heavy (non-hydrogen) atoms.